The standard InChI is InChI=1S/C55H37NO2/c1-55(2)45-18-10-8-16-42(45)43-27-26-40(33-46(43)55)56(39-24-22-36(23-25-39)34-12-4-3-5-13-34)47-29-28-41(38-21-20-35-14-6-7-15-37(35)32-38)52-53-50(58-54(47)52)31-30-49-51(53)44-17-9-11-19-48(44)57-49/h3-33H,1-2H3. The van der Waals surface area contributed by atoms with Crippen molar-refractivity contribution in [1.29, 1.82) is 0 Å². The topological polar surface area (TPSA) is 29.5 Å². The summed E-state index contributed by atoms with van der Waals surface area (Å²) in [5.41, 5.74) is 16.2. The molecule has 0 bridgehead atoms. The summed E-state index contributed by atoms with van der Waals surface area (Å²) in [4.78, 5) is 2.38. The average molecular weight is 744 g/mol. The lowest BCUT2D eigenvalue weighted by Crippen LogP contribution is -2.16. The summed E-state index contributed by atoms with van der Waals surface area (Å²) in [7, 11) is 0. The van der Waals surface area contributed by atoms with Crippen LogP contribution in [0.2, 0.25) is 0 Å². The van der Waals surface area contributed by atoms with Gasteiger partial charge in [-0.2, -0.15) is 0 Å². The van der Waals surface area contributed by atoms with Crippen molar-refractivity contribution in [3.05, 3.63) is 199 Å². The average Bonchev–Trinajstić information content (AvgIpc) is 3.92. The normalized spacial score (nSPS) is 13.1. The number of anilines is 3. The second-order valence-electron chi connectivity index (χ2n) is 16.1. The smallest absolute Gasteiger partial charge is 0.160 e. The maximum atomic E-state index is 7.18. The third-order valence-corrected chi connectivity index (χ3v) is 12.5. The predicted molar refractivity (Wildman–Crippen MR) is 242 cm³/mol. The molecular weight excluding hydrogens is 707 g/mol. The first-order valence-electron chi connectivity index (χ1n) is 20.0. The molecular formula is C55H37NO2. The lowest BCUT2D eigenvalue weighted by molar-refractivity contribution is 0.660. The zero-order chi connectivity index (χ0) is 38.5. The van der Waals surface area contributed by atoms with E-state index in [2.05, 4.69) is 195 Å². The van der Waals surface area contributed by atoms with Crippen LogP contribution >= 0.6 is 0 Å². The van der Waals surface area contributed by atoms with E-state index in [1.54, 1.807) is 0 Å². The van der Waals surface area contributed by atoms with Crippen LogP contribution in [0.1, 0.15) is 25.0 Å². The number of hydrogen-bond donors (Lipinski definition) is 0. The van der Waals surface area contributed by atoms with E-state index in [1.807, 2.05) is 12.1 Å². The fourth-order valence-corrected chi connectivity index (χ4v) is 9.63. The van der Waals surface area contributed by atoms with E-state index >= 15 is 0 Å². The van der Waals surface area contributed by atoms with Gasteiger partial charge in [-0.3, -0.25) is 0 Å². The van der Waals surface area contributed by atoms with E-state index in [1.165, 1.54) is 44.2 Å². The van der Waals surface area contributed by atoms with Gasteiger partial charge in [0, 0.05) is 38.3 Å². The van der Waals surface area contributed by atoms with Gasteiger partial charge < -0.3 is 13.7 Å². The molecule has 58 heavy (non-hydrogen) atoms. The number of hydrogen-bond acceptors (Lipinski definition) is 3. The van der Waals surface area contributed by atoms with Crippen LogP contribution in [0.3, 0.4) is 0 Å². The zero-order valence-electron chi connectivity index (χ0n) is 32.2. The number of nitrogens with zero attached hydrogens (tertiary/aromatic N) is 1. The van der Waals surface area contributed by atoms with Crippen molar-refractivity contribution in [1.82, 2.24) is 0 Å². The van der Waals surface area contributed by atoms with Gasteiger partial charge in [0.15, 0.2) is 5.58 Å². The molecule has 0 atom stereocenters. The van der Waals surface area contributed by atoms with E-state index in [9.17, 15) is 0 Å². The molecule has 12 rings (SSSR count). The summed E-state index contributed by atoms with van der Waals surface area (Å²) in [5, 5.41) is 6.69. The molecule has 274 valence electrons. The molecule has 0 fully saturated rings. The third kappa shape index (κ3) is 4.80. The number of furan rings is 2. The van der Waals surface area contributed by atoms with Crippen molar-refractivity contribution >= 4 is 71.7 Å². The Kier molecular flexibility index (Phi) is 6.98. The predicted octanol–water partition coefficient (Wildman–Crippen LogP) is 15.7. The fourth-order valence-electron chi connectivity index (χ4n) is 9.63. The monoisotopic (exact) mass is 743 g/mol. The van der Waals surface area contributed by atoms with Gasteiger partial charge in [0.2, 0.25) is 0 Å². The summed E-state index contributed by atoms with van der Waals surface area (Å²) in [6, 6.07) is 67.6. The minimum atomic E-state index is -0.159. The van der Waals surface area contributed by atoms with Gasteiger partial charge in [0.05, 0.1) is 5.69 Å². The van der Waals surface area contributed by atoms with Crippen LogP contribution in [0.4, 0.5) is 17.1 Å². The molecule has 0 saturated heterocycles. The van der Waals surface area contributed by atoms with Gasteiger partial charge in [-0.05, 0) is 110 Å². The summed E-state index contributed by atoms with van der Waals surface area (Å²) in [5.74, 6) is 0. The number of rotatable bonds is 5. The van der Waals surface area contributed by atoms with Crippen LogP contribution in [0.15, 0.2) is 197 Å². The first kappa shape index (κ1) is 32.8. The van der Waals surface area contributed by atoms with Gasteiger partial charge in [-0.1, -0.05) is 147 Å². The van der Waals surface area contributed by atoms with Gasteiger partial charge in [-0.15, -0.1) is 0 Å². The minimum absolute atomic E-state index is 0.159. The number of para-hydroxylation sites is 1. The zero-order valence-corrected chi connectivity index (χ0v) is 32.2. The highest BCUT2D eigenvalue weighted by Crippen LogP contribution is 2.53. The van der Waals surface area contributed by atoms with Crippen molar-refractivity contribution in [2.45, 2.75) is 19.3 Å². The van der Waals surface area contributed by atoms with Crippen molar-refractivity contribution in [3.8, 4) is 33.4 Å². The van der Waals surface area contributed by atoms with Crippen LogP contribution in [-0.2, 0) is 5.41 Å². The Balaban J connectivity index is 1.16. The number of benzene rings is 9. The first-order chi connectivity index (χ1) is 28.5. The van der Waals surface area contributed by atoms with Gasteiger partial charge in [-0.25, -0.2) is 0 Å². The highest BCUT2D eigenvalue weighted by atomic mass is 16.3. The van der Waals surface area contributed by atoms with E-state index < -0.39 is 0 Å². The Labute approximate surface area is 336 Å². The maximum absolute atomic E-state index is 7.18. The molecule has 0 unspecified atom stereocenters. The van der Waals surface area contributed by atoms with Crippen molar-refractivity contribution < 1.29 is 8.83 Å². The Hall–Kier alpha value is -7.36. The molecule has 2 aromatic heterocycles. The van der Waals surface area contributed by atoms with Gasteiger partial charge >= 0.3 is 0 Å². The van der Waals surface area contributed by atoms with Crippen LogP contribution in [0, 0.1) is 0 Å². The van der Waals surface area contributed by atoms with Crippen LogP contribution < -0.4 is 4.90 Å². The molecule has 3 nitrogen and oxygen atoms in total. The Morgan fingerprint density at radius 2 is 1.05 bits per heavy atom. The number of fused-ring (bicyclic) bond motifs is 11. The Morgan fingerprint density at radius 3 is 1.91 bits per heavy atom. The molecule has 0 aliphatic heterocycles. The van der Waals surface area contributed by atoms with Gasteiger partial charge in [0.25, 0.3) is 0 Å². The first-order valence-corrected chi connectivity index (χ1v) is 20.0. The van der Waals surface area contributed by atoms with E-state index in [-0.39, 0.29) is 5.41 Å². The molecule has 3 heteroatoms. The molecule has 11 aromatic rings. The van der Waals surface area contributed by atoms with E-state index in [4.69, 9.17) is 8.83 Å². The van der Waals surface area contributed by atoms with Crippen LogP contribution in [0.5, 0.6) is 0 Å². The summed E-state index contributed by atoms with van der Waals surface area (Å²) >= 11 is 0. The summed E-state index contributed by atoms with van der Waals surface area (Å²) < 4.78 is 13.7. The second-order valence-corrected chi connectivity index (χ2v) is 16.1. The van der Waals surface area contributed by atoms with E-state index in [0.29, 0.717) is 0 Å². The fraction of sp³-hybridized carbons (Fsp3) is 0.0545. The maximum Gasteiger partial charge on any atom is 0.160 e. The van der Waals surface area contributed by atoms with Crippen molar-refractivity contribution in [2.24, 2.45) is 0 Å². The minimum Gasteiger partial charge on any atom is -0.456 e. The quantitative estimate of drug-likeness (QED) is 0.176. The molecule has 0 amide bonds. The largest absolute Gasteiger partial charge is 0.456 e. The van der Waals surface area contributed by atoms with E-state index in [0.717, 1.165) is 72.1 Å². The molecule has 0 saturated carbocycles. The molecule has 2 heterocycles. The summed E-state index contributed by atoms with van der Waals surface area (Å²) in [6.07, 6.45) is 0. The molecule has 1 aliphatic rings. The van der Waals surface area contributed by atoms with Crippen molar-refractivity contribution in [2.75, 3.05) is 4.90 Å². The van der Waals surface area contributed by atoms with Crippen LogP contribution in [0.25, 0.3) is 88.0 Å². The molecule has 0 radical (unpaired) electrons. The Morgan fingerprint density at radius 1 is 0.397 bits per heavy atom. The molecule has 0 spiro atoms. The molecule has 0 N–H and O–H groups in total. The SMILES string of the molecule is CC1(C)c2ccccc2-c2ccc(N(c3ccc(-c4ccccc4)cc3)c3ccc(-c4ccc5ccccc5c4)c4c3oc3ccc5oc6ccccc6c5c34)cc21. The highest BCUT2D eigenvalue weighted by molar-refractivity contribution is 6.29. The molecule has 1 aliphatic carbocycles. The van der Waals surface area contributed by atoms with Gasteiger partial charge in [0.1, 0.15) is 16.7 Å². The van der Waals surface area contributed by atoms with Crippen molar-refractivity contribution in [3.63, 3.8) is 0 Å². The summed E-state index contributed by atoms with van der Waals surface area (Å²) in [6.45, 7) is 4.69. The lowest BCUT2D eigenvalue weighted by Gasteiger charge is -2.28. The third-order valence-electron chi connectivity index (χ3n) is 12.5. The molecule has 9 aromatic carbocycles. The Bertz CT molecular complexity index is 3420. The second kappa shape index (κ2) is 12.3. The lowest BCUT2D eigenvalue weighted by atomic mass is 9.82. The highest BCUT2D eigenvalue weighted by Gasteiger charge is 2.36. The van der Waals surface area contributed by atoms with Crippen LogP contribution in [-0.4, -0.2) is 0 Å².